The third kappa shape index (κ3) is 3.80. The molecule has 0 aliphatic rings. The molecule has 0 spiro atoms. The standard InChI is InChI=1S/C20H17FN4O2/c1-12-7-15(14(3)25(12)18-6-4-5-17(21)10-18)9-16(11-22)20(26)23-19-8-13(2)27-24-19/h4-10H,1-3H3,(H,23,24,26)/b16-9-. The average molecular weight is 364 g/mol. The summed E-state index contributed by atoms with van der Waals surface area (Å²) in [7, 11) is 0. The Morgan fingerprint density at radius 3 is 2.70 bits per heavy atom. The first-order valence-corrected chi connectivity index (χ1v) is 8.20. The molecule has 1 aromatic carbocycles. The number of amides is 1. The molecular weight excluding hydrogens is 347 g/mol. The molecule has 6 nitrogen and oxygen atoms in total. The predicted octanol–water partition coefficient (Wildman–Crippen LogP) is 4.08. The van der Waals surface area contributed by atoms with Crippen molar-refractivity contribution in [3.63, 3.8) is 0 Å². The third-order valence-corrected chi connectivity index (χ3v) is 4.07. The Balaban J connectivity index is 1.94. The predicted molar refractivity (Wildman–Crippen MR) is 98.7 cm³/mol. The maximum Gasteiger partial charge on any atom is 0.267 e. The van der Waals surface area contributed by atoms with Gasteiger partial charge in [0.05, 0.1) is 0 Å². The van der Waals surface area contributed by atoms with E-state index in [9.17, 15) is 14.4 Å². The van der Waals surface area contributed by atoms with Crippen LogP contribution in [0.25, 0.3) is 11.8 Å². The van der Waals surface area contributed by atoms with Gasteiger partial charge in [-0.2, -0.15) is 5.26 Å². The van der Waals surface area contributed by atoms with Crippen LogP contribution in [0.4, 0.5) is 10.2 Å². The number of benzene rings is 1. The van der Waals surface area contributed by atoms with Gasteiger partial charge in [-0.3, -0.25) is 4.79 Å². The molecule has 3 rings (SSSR count). The van der Waals surface area contributed by atoms with Gasteiger partial charge in [-0.15, -0.1) is 0 Å². The van der Waals surface area contributed by atoms with E-state index in [1.54, 1.807) is 25.1 Å². The number of aromatic nitrogens is 2. The molecule has 136 valence electrons. The Bertz CT molecular complexity index is 1090. The molecule has 1 N–H and O–H groups in total. The highest BCUT2D eigenvalue weighted by atomic mass is 19.1. The van der Waals surface area contributed by atoms with E-state index in [1.165, 1.54) is 18.2 Å². The zero-order chi connectivity index (χ0) is 19.6. The van der Waals surface area contributed by atoms with Gasteiger partial charge in [-0.1, -0.05) is 11.2 Å². The van der Waals surface area contributed by atoms with E-state index in [-0.39, 0.29) is 17.2 Å². The van der Waals surface area contributed by atoms with E-state index in [0.29, 0.717) is 17.0 Å². The van der Waals surface area contributed by atoms with Crippen molar-refractivity contribution in [3.05, 3.63) is 70.5 Å². The first-order chi connectivity index (χ1) is 12.9. The van der Waals surface area contributed by atoms with E-state index >= 15 is 0 Å². The van der Waals surface area contributed by atoms with Crippen molar-refractivity contribution < 1.29 is 13.7 Å². The summed E-state index contributed by atoms with van der Waals surface area (Å²) in [6.45, 7) is 5.42. The van der Waals surface area contributed by atoms with Crippen molar-refractivity contribution in [2.24, 2.45) is 0 Å². The number of nitriles is 1. The van der Waals surface area contributed by atoms with Gasteiger partial charge in [0.2, 0.25) is 0 Å². The van der Waals surface area contributed by atoms with Crippen LogP contribution in [-0.4, -0.2) is 15.6 Å². The smallest absolute Gasteiger partial charge is 0.267 e. The maximum absolute atomic E-state index is 13.6. The van der Waals surface area contributed by atoms with Crippen LogP contribution in [0.3, 0.4) is 0 Å². The van der Waals surface area contributed by atoms with Crippen LogP contribution >= 0.6 is 0 Å². The van der Waals surface area contributed by atoms with Gasteiger partial charge >= 0.3 is 0 Å². The van der Waals surface area contributed by atoms with Gasteiger partial charge < -0.3 is 14.4 Å². The largest absolute Gasteiger partial charge is 0.360 e. The first kappa shape index (κ1) is 18.1. The number of rotatable bonds is 4. The van der Waals surface area contributed by atoms with Gasteiger partial charge in [0.15, 0.2) is 5.82 Å². The van der Waals surface area contributed by atoms with Gasteiger partial charge in [0.1, 0.15) is 23.2 Å². The fourth-order valence-electron chi connectivity index (χ4n) is 2.86. The Kier molecular flexibility index (Phi) is 4.90. The lowest BCUT2D eigenvalue weighted by atomic mass is 10.1. The number of anilines is 1. The van der Waals surface area contributed by atoms with Gasteiger partial charge in [0.25, 0.3) is 5.91 Å². The van der Waals surface area contributed by atoms with Crippen molar-refractivity contribution >= 4 is 17.8 Å². The van der Waals surface area contributed by atoms with Crippen LogP contribution in [0.5, 0.6) is 0 Å². The van der Waals surface area contributed by atoms with Crippen LogP contribution in [-0.2, 0) is 4.79 Å². The van der Waals surface area contributed by atoms with Crippen LogP contribution in [0.15, 0.2) is 46.5 Å². The maximum atomic E-state index is 13.6. The molecular formula is C20H17FN4O2. The fourth-order valence-corrected chi connectivity index (χ4v) is 2.86. The van der Waals surface area contributed by atoms with E-state index in [0.717, 1.165) is 11.4 Å². The summed E-state index contributed by atoms with van der Waals surface area (Å²) >= 11 is 0. The summed E-state index contributed by atoms with van der Waals surface area (Å²) in [5.41, 5.74) is 2.94. The first-order valence-electron chi connectivity index (χ1n) is 8.20. The Morgan fingerprint density at radius 1 is 1.30 bits per heavy atom. The SMILES string of the molecule is Cc1cc(NC(=O)/C(C#N)=C\c2cc(C)n(-c3cccc(F)c3)c2C)no1. The highest BCUT2D eigenvalue weighted by Gasteiger charge is 2.15. The van der Waals surface area contributed by atoms with Crippen molar-refractivity contribution in [2.45, 2.75) is 20.8 Å². The zero-order valence-corrected chi connectivity index (χ0v) is 15.1. The second kappa shape index (κ2) is 7.30. The number of carbonyl (C=O) groups is 1. The number of nitrogens with one attached hydrogen (secondary N) is 1. The van der Waals surface area contributed by atoms with Crippen LogP contribution in [0.2, 0.25) is 0 Å². The number of carbonyl (C=O) groups excluding carboxylic acids is 1. The molecule has 27 heavy (non-hydrogen) atoms. The lowest BCUT2D eigenvalue weighted by Gasteiger charge is -2.09. The molecule has 0 aliphatic heterocycles. The summed E-state index contributed by atoms with van der Waals surface area (Å²) in [4.78, 5) is 12.3. The minimum Gasteiger partial charge on any atom is -0.360 e. The van der Waals surface area contributed by atoms with Crippen molar-refractivity contribution in [3.8, 4) is 11.8 Å². The lowest BCUT2D eigenvalue weighted by molar-refractivity contribution is -0.112. The molecule has 0 radical (unpaired) electrons. The normalized spacial score (nSPS) is 11.3. The van der Waals surface area contributed by atoms with Crippen LogP contribution < -0.4 is 5.32 Å². The third-order valence-electron chi connectivity index (χ3n) is 4.07. The quantitative estimate of drug-likeness (QED) is 0.558. The second-order valence-electron chi connectivity index (χ2n) is 6.09. The summed E-state index contributed by atoms with van der Waals surface area (Å²) in [5.74, 6) is -0.131. The van der Waals surface area contributed by atoms with Crippen molar-refractivity contribution in [2.75, 3.05) is 5.32 Å². The molecule has 2 heterocycles. The fraction of sp³-hybridized carbons (Fsp3) is 0.150. The monoisotopic (exact) mass is 364 g/mol. The molecule has 0 atom stereocenters. The van der Waals surface area contributed by atoms with Crippen molar-refractivity contribution in [1.82, 2.24) is 9.72 Å². The minimum absolute atomic E-state index is 0.0739. The molecule has 0 fully saturated rings. The number of hydrogen-bond acceptors (Lipinski definition) is 4. The highest BCUT2D eigenvalue weighted by Crippen LogP contribution is 2.23. The van der Waals surface area contributed by atoms with E-state index in [4.69, 9.17) is 4.52 Å². The summed E-state index contributed by atoms with van der Waals surface area (Å²) in [5, 5.41) is 15.6. The molecule has 7 heteroatoms. The van der Waals surface area contributed by atoms with E-state index in [1.807, 2.05) is 30.6 Å². The van der Waals surface area contributed by atoms with Gasteiger partial charge in [0, 0.05) is 23.1 Å². The van der Waals surface area contributed by atoms with E-state index in [2.05, 4.69) is 10.5 Å². The topological polar surface area (TPSA) is 83.9 Å². The molecule has 0 saturated carbocycles. The van der Waals surface area contributed by atoms with E-state index < -0.39 is 5.91 Å². The van der Waals surface area contributed by atoms with Crippen LogP contribution in [0, 0.1) is 37.9 Å². The average Bonchev–Trinajstić information content (AvgIpc) is 3.15. The Morgan fingerprint density at radius 2 is 2.07 bits per heavy atom. The Labute approximate surface area is 155 Å². The lowest BCUT2D eigenvalue weighted by Crippen LogP contribution is -2.13. The highest BCUT2D eigenvalue weighted by molar-refractivity contribution is 6.09. The molecule has 0 bridgehead atoms. The number of hydrogen-bond donors (Lipinski definition) is 1. The van der Waals surface area contributed by atoms with Crippen LogP contribution in [0.1, 0.15) is 22.7 Å². The molecule has 3 aromatic rings. The summed E-state index contributed by atoms with van der Waals surface area (Å²) < 4.78 is 20.3. The van der Waals surface area contributed by atoms with Crippen molar-refractivity contribution in [1.29, 1.82) is 5.26 Å². The molecule has 1 amide bonds. The van der Waals surface area contributed by atoms with Gasteiger partial charge in [-0.25, -0.2) is 4.39 Å². The molecule has 0 saturated heterocycles. The summed E-state index contributed by atoms with van der Waals surface area (Å²) in [6.07, 6.45) is 1.50. The van der Waals surface area contributed by atoms with Gasteiger partial charge in [-0.05, 0) is 56.7 Å². The molecule has 0 unspecified atom stereocenters. The number of halogens is 1. The number of nitrogens with zero attached hydrogens (tertiary/aromatic N) is 3. The summed E-state index contributed by atoms with van der Waals surface area (Å²) in [6, 6.07) is 11.5. The Hall–Kier alpha value is -3.66. The minimum atomic E-state index is -0.582. The molecule has 2 aromatic heterocycles. The second-order valence-corrected chi connectivity index (χ2v) is 6.09. The number of aryl methyl sites for hydroxylation is 2. The molecule has 0 aliphatic carbocycles. The zero-order valence-electron chi connectivity index (χ0n) is 15.1.